The van der Waals surface area contributed by atoms with Crippen molar-refractivity contribution in [3.63, 3.8) is 0 Å². The second-order valence-corrected chi connectivity index (χ2v) is 4.61. The van der Waals surface area contributed by atoms with Gasteiger partial charge in [-0.15, -0.1) is 10.2 Å². The second-order valence-electron chi connectivity index (χ2n) is 4.61. The lowest BCUT2D eigenvalue weighted by Gasteiger charge is -2.17. The van der Waals surface area contributed by atoms with Gasteiger partial charge in [0.1, 0.15) is 17.7 Å². The number of furan rings is 1. The number of nitrogens with one attached hydrogen (secondary N) is 1. The van der Waals surface area contributed by atoms with Gasteiger partial charge >= 0.3 is 6.18 Å². The van der Waals surface area contributed by atoms with Gasteiger partial charge in [0.2, 0.25) is 0 Å². The number of alkyl halides is 3. The molecule has 0 aliphatic rings. The minimum atomic E-state index is -4.51. The third-order valence-electron chi connectivity index (χ3n) is 2.80. The highest BCUT2D eigenvalue weighted by molar-refractivity contribution is 5.34. The molecular weight excluding hydrogens is 287 g/mol. The van der Waals surface area contributed by atoms with Crippen molar-refractivity contribution in [2.75, 3.05) is 5.32 Å². The molecule has 0 saturated heterocycles. The fourth-order valence-corrected chi connectivity index (χ4v) is 1.80. The number of aliphatic hydroxyl groups is 1. The molecule has 0 fully saturated rings. The van der Waals surface area contributed by atoms with Crippen LogP contribution in [0.15, 0.2) is 34.9 Å². The lowest BCUT2D eigenvalue weighted by Crippen LogP contribution is -2.20. The third-order valence-corrected chi connectivity index (χ3v) is 2.80. The van der Waals surface area contributed by atoms with Gasteiger partial charge in [0.05, 0.1) is 6.26 Å². The van der Waals surface area contributed by atoms with Gasteiger partial charge in [-0.05, 0) is 31.2 Å². The summed E-state index contributed by atoms with van der Waals surface area (Å²) in [6.07, 6.45) is -3.54. The van der Waals surface area contributed by atoms with E-state index in [2.05, 4.69) is 15.5 Å². The van der Waals surface area contributed by atoms with E-state index in [0.717, 1.165) is 6.07 Å². The van der Waals surface area contributed by atoms with Crippen molar-refractivity contribution in [1.29, 1.82) is 0 Å². The highest BCUT2D eigenvalue weighted by atomic mass is 19.4. The van der Waals surface area contributed by atoms with Crippen LogP contribution < -0.4 is 5.32 Å². The van der Waals surface area contributed by atoms with Gasteiger partial charge in [0.25, 0.3) is 0 Å². The Bertz CT molecular complexity index is 555. The summed E-state index contributed by atoms with van der Waals surface area (Å²) in [7, 11) is 0. The lowest BCUT2D eigenvalue weighted by atomic mass is 10.1. The molecule has 2 aromatic heterocycles. The summed E-state index contributed by atoms with van der Waals surface area (Å²) in [5, 5.41) is 19.3. The van der Waals surface area contributed by atoms with Crippen LogP contribution in [0.25, 0.3) is 0 Å². The lowest BCUT2D eigenvalue weighted by molar-refractivity contribution is -0.141. The van der Waals surface area contributed by atoms with Crippen molar-refractivity contribution in [2.45, 2.75) is 31.7 Å². The Balaban J connectivity index is 1.92. The maximum absolute atomic E-state index is 12.3. The Morgan fingerprint density at radius 1 is 1.29 bits per heavy atom. The van der Waals surface area contributed by atoms with E-state index in [9.17, 15) is 18.3 Å². The standard InChI is InChI=1S/C13H14F3N3O2/c1-8(7-9(20)10-3-2-6-21-10)17-12-5-4-11(18-19-12)13(14,15)16/h2-6,8-9,20H,7H2,1H3,(H,17,19). The molecule has 2 rings (SSSR count). The molecule has 2 aromatic rings. The van der Waals surface area contributed by atoms with Crippen molar-refractivity contribution in [1.82, 2.24) is 10.2 Å². The molecule has 0 bridgehead atoms. The molecule has 2 unspecified atom stereocenters. The zero-order chi connectivity index (χ0) is 15.5. The van der Waals surface area contributed by atoms with E-state index >= 15 is 0 Å². The van der Waals surface area contributed by atoms with Gasteiger partial charge in [-0.25, -0.2) is 0 Å². The molecule has 0 saturated carbocycles. The van der Waals surface area contributed by atoms with Crippen LogP contribution in [0.3, 0.4) is 0 Å². The monoisotopic (exact) mass is 301 g/mol. The molecule has 114 valence electrons. The fourth-order valence-electron chi connectivity index (χ4n) is 1.80. The van der Waals surface area contributed by atoms with E-state index in [-0.39, 0.29) is 11.9 Å². The molecule has 21 heavy (non-hydrogen) atoms. The fraction of sp³-hybridized carbons (Fsp3) is 0.385. The summed E-state index contributed by atoms with van der Waals surface area (Å²) in [6.45, 7) is 1.77. The molecule has 0 aromatic carbocycles. The topological polar surface area (TPSA) is 71.2 Å². The molecule has 8 heteroatoms. The van der Waals surface area contributed by atoms with E-state index in [1.807, 2.05) is 0 Å². The minimum Gasteiger partial charge on any atom is -0.467 e. The quantitative estimate of drug-likeness (QED) is 0.888. The largest absolute Gasteiger partial charge is 0.467 e. The SMILES string of the molecule is CC(CC(O)c1ccco1)Nc1ccc(C(F)(F)F)nn1. The van der Waals surface area contributed by atoms with Crippen LogP contribution >= 0.6 is 0 Å². The zero-order valence-electron chi connectivity index (χ0n) is 11.1. The van der Waals surface area contributed by atoms with Gasteiger partial charge < -0.3 is 14.8 Å². The Kier molecular flexibility index (Phi) is 4.46. The van der Waals surface area contributed by atoms with E-state index < -0.39 is 18.0 Å². The number of aromatic nitrogens is 2. The molecular formula is C13H14F3N3O2. The van der Waals surface area contributed by atoms with E-state index in [0.29, 0.717) is 12.2 Å². The van der Waals surface area contributed by atoms with Crippen LogP contribution in [0, 0.1) is 0 Å². The molecule has 0 radical (unpaired) electrons. The summed E-state index contributed by atoms with van der Waals surface area (Å²) < 4.78 is 42.1. The average molecular weight is 301 g/mol. The first-order chi connectivity index (χ1) is 9.86. The first-order valence-corrected chi connectivity index (χ1v) is 6.25. The highest BCUT2D eigenvalue weighted by Crippen LogP contribution is 2.27. The van der Waals surface area contributed by atoms with Crippen LogP contribution in [0.4, 0.5) is 19.0 Å². The van der Waals surface area contributed by atoms with Crippen LogP contribution in [-0.4, -0.2) is 21.3 Å². The van der Waals surface area contributed by atoms with Crippen LogP contribution in [-0.2, 0) is 6.18 Å². The summed E-state index contributed by atoms with van der Waals surface area (Å²) in [6, 6.07) is 5.14. The molecule has 0 aliphatic heterocycles. The van der Waals surface area contributed by atoms with Crippen molar-refractivity contribution >= 4 is 5.82 Å². The number of hydrogen-bond acceptors (Lipinski definition) is 5. The molecule has 0 amide bonds. The van der Waals surface area contributed by atoms with Gasteiger partial charge in [0.15, 0.2) is 5.69 Å². The smallest absolute Gasteiger partial charge is 0.435 e. The molecule has 0 aliphatic carbocycles. The number of aliphatic hydroxyl groups excluding tert-OH is 1. The van der Waals surface area contributed by atoms with E-state index in [1.165, 1.54) is 12.3 Å². The van der Waals surface area contributed by atoms with Gasteiger partial charge in [-0.3, -0.25) is 0 Å². The Morgan fingerprint density at radius 3 is 2.57 bits per heavy atom. The van der Waals surface area contributed by atoms with Crippen molar-refractivity contribution < 1.29 is 22.7 Å². The maximum atomic E-state index is 12.3. The number of halogens is 3. The Labute approximate surface area is 118 Å². The first-order valence-electron chi connectivity index (χ1n) is 6.25. The van der Waals surface area contributed by atoms with Crippen molar-refractivity contribution in [2.24, 2.45) is 0 Å². The predicted octanol–water partition coefficient (Wildman–Crippen LogP) is 3.01. The van der Waals surface area contributed by atoms with Crippen LogP contribution in [0.2, 0.25) is 0 Å². The highest BCUT2D eigenvalue weighted by Gasteiger charge is 2.32. The molecule has 2 atom stereocenters. The van der Waals surface area contributed by atoms with E-state index in [1.54, 1.807) is 19.1 Å². The number of nitrogens with zero attached hydrogens (tertiary/aromatic N) is 2. The first kappa shape index (κ1) is 15.3. The maximum Gasteiger partial charge on any atom is 0.435 e. The molecule has 2 heterocycles. The summed E-state index contributed by atoms with van der Waals surface area (Å²) in [5.74, 6) is 0.643. The summed E-state index contributed by atoms with van der Waals surface area (Å²) in [5.41, 5.74) is -1.05. The van der Waals surface area contributed by atoms with Gasteiger partial charge in [0, 0.05) is 12.5 Å². The van der Waals surface area contributed by atoms with Crippen molar-refractivity contribution in [3.8, 4) is 0 Å². The molecule has 2 N–H and O–H groups in total. The second kappa shape index (κ2) is 6.13. The number of anilines is 1. The van der Waals surface area contributed by atoms with Gasteiger partial charge in [-0.1, -0.05) is 0 Å². The molecule has 5 nitrogen and oxygen atoms in total. The summed E-state index contributed by atoms with van der Waals surface area (Å²) >= 11 is 0. The van der Waals surface area contributed by atoms with Crippen LogP contribution in [0.5, 0.6) is 0 Å². The van der Waals surface area contributed by atoms with Crippen molar-refractivity contribution in [3.05, 3.63) is 42.0 Å². The normalized spacial score (nSPS) is 14.7. The number of hydrogen-bond donors (Lipinski definition) is 2. The number of rotatable bonds is 5. The third kappa shape index (κ3) is 4.19. The average Bonchev–Trinajstić information content (AvgIpc) is 2.92. The Morgan fingerprint density at radius 2 is 2.05 bits per heavy atom. The predicted molar refractivity (Wildman–Crippen MR) is 68.4 cm³/mol. The van der Waals surface area contributed by atoms with Crippen LogP contribution in [0.1, 0.15) is 30.9 Å². The minimum absolute atomic E-state index is 0.210. The van der Waals surface area contributed by atoms with Gasteiger partial charge in [-0.2, -0.15) is 13.2 Å². The summed E-state index contributed by atoms with van der Waals surface area (Å²) in [4.78, 5) is 0. The molecule has 0 spiro atoms. The Hall–Kier alpha value is -2.09. The zero-order valence-corrected chi connectivity index (χ0v) is 11.1. The van der Waals surface area contributed by atoms with E-state index in [4.69, 9.17) is 4.42 Å².